The van der Waals surface area contributed by atoms with Gasteiger partial charge in [0.2, 0.25) is 5.89 Å². The lowest BCUT2D eigenvalue weighted by Gasteiger charge is -2.53. The van der Waals surface area contributed by atoms with Crippen molar-refractivity contribution >= 4 is 17.7 Å². The lowest BCUT2D eigenvalue weighted by molar-refractivity contribution is -0.312. The second kappa shape index (κ2) is 7.70. The highest BCUT2D eigenvalue weighted by atomic mass is 16.5. The fourth-order valence-corrected chi connectivity index (χ4v) is 5.29. The summed E-state index contributed by atoms with van der Waals surface area (Å²) in [7, 11) is 0. The number of ether oxygens (including phenoxy) is 1. The van der Waals surface area contributed by atoms with E-state index in [1.54, 1.807) is 0 Å². The van der Waals surface area contributed by atoms with E-state index in [4.69, 9.17) is 9.15 Å². The van der Waals surface area contributed by atoms with Crippen LogP contribution >= 0.6 is 0 Å². The molecule has 2 aliphatic heterocycles. The minimum atomic E-state index is -1.02. The Morgan fingerprint density at radius 1 is 0.970 bits per heavy atom. The molecule has 0 unspecified atom stereocenters. The van der Waals surface area contributed by atoms with Crippen LogP contribution in [0.2, 0.25) is 0 Å². The number of benzene rings is 2. The smallest absolute Gasteiger partial charge is 0.320 e. The van der Waals surface area contributed by atoms with E-state index in [1.165, 1.54) is 5.56 Å². The third-order valence-electron chi connectivity index (χ3n) is 7.57. The average molecular weight is 445 g/mol. The quantitative estimate of drug-likeness (QED) is 0.586. The van der Waals surface area contributed by atoms with Gasteiger partial charge in [0.15, 0.2) is 0 Å². The molecule has 4 fully saturated rings. The Morgan fingerprint density at radius 3 is 2.21 bits per heavy atom. The van der Waals surface area contributed by atoms with Crippen LogP contribution in [0.25, 0.3) is 11.1 Å². The Balaban J connectivity index is 1.13. The lowest BCUT2D eigenvalue weighted by atomic mass is 9.62. The number of nitrogens with zero attached hydrogens (tertiary/aromatic N) is 2. The number of aliphatic carboxylic acids is 1. The van der Waals surface area contributed by atoms with Crippen molar-refractivity contribution in [2.75, 3.05) is 11.9 Å². The average Bonchev–Trinajstić information content (AvgIpc) is 3.59. The van der Waals surface area contributed by atoms with Crippen LogP contribution in [-0.4, -0.2) is 28.4 Å². The summed E-state index contributed by atoms with van der Waals surface area (Å²) >= 11 is 0. The van der Waals surface area contributed by atoms with Crippen molar-refractivity contribution in [2.24, 2.45) is 0 Å². The topological polar surface area (TPSA) is 100 Å². The zero-order chi connectivity index (χ0) is 22.5. The number of anilines is 2. The Morgan fingerprint density at radius 2 is 1.64 bits per heavy atom. The molecule has 7 nitrogen and oxygen atoms in total. The predicted molar refractivity (Wildman–Crippen MR) is 120 cm³/mol. The fraction of sp³-hybridized carbons (Fsp3) is 0.423. The van der Waals surface area contributed by atoms with E-state index >= 15 is 0 Å². The summed E-state index contributed by atoms with van der Waals surface area (Å²) in [6, 6.07) is 17.3. The number of hydrogen-bond donors (Lipinski definition) is 1. The molecule has 1 aromatic heterocycles. The molecule has 7 rings (SSSR count). The zero-order valence-electron chi connectivity index (χ0n) is 18.4. The fourth-order valence-electron chi connectivity index (χ4n) is 5.29. The number of aromatic nitrogens is 2. The highest BCUT2D eigenvalue weighted by molar-refractivity contribution is 5.68. The molecule has 2 aromatic carbocycles. The molecule has 170 valence electrons. The standard InChI is InChI=1S/C26H27N3O4/c30-22(31)15-26-13-11-25(12-14-26,16-32-26)20-7-3-17(4-8-20)18-5-9-21(10-6-18)27-24-29-28-23(33-24)19-1-2-19/h3-10,19H,1-2,11-16H2,(H,27,29)(H,30,31)/p-1. The first-order valence-electron chi connectivity index (χ1n) is 11.7. The van der Waals surface area contributed by atoms with Gasteiger partial charge in [0.05, 0.1) is 12.2 Å². The van der Waals surface area contributed by atoms with E-state index in [1.807, 2.05) is 12.1 Å². The number of rotatable bonds is 7. The number of carbonyl (C=O) groups is 1. The maximum Gasteiger partial charge on any atom is 0.320 e. The first-order valence-corrected chi connectivity index (χ1v) is 11.7. The summed E-state index contributed by atoms with van der Waals surface area (Å²) in [5.41, 5.74) is 3.93. The van der Waals surface area contributed by atoms with Crippen LogP contribution in [0.4, 0.5) is 11.7 Å². The van der Waals surface area contributed by atoms with Crippen molar-refractivity contribution in [3.05, 3.63) is 60.0 Å². The van der Waals surface area contributed by atoms with Gasteiger partial charge in [0.25, 0.3) is 0 Å². The van der Waals surface area contributed by atoms with Crippen LogP contribution in [-0.2, 0) is 14.9 Å². The molecule has 33 heavy (non-hydrogen) atoms. The molecular weight excluding hydrogens is 418 g/mol. The third-order valence-corrected chi connectivity index (χ3v) is 7.57. The number of carboxylic acids is 1. The summed E-state index contributed by atoms with van der Waals surface area (Å²) in [5.74, 6) is 0.144. The summed E-state index contributed by atoms with van der Waals surface area (Å²) in [6.45, 7) is 0.581. The largest absolute Gasteiger partial charge is 0.550 e. The molecule has 2 saturated carbocycles. The molecule has 0 atom stereocenters. The Kier molecular flexibility index (Phi) is 4.76. The summed E-state index contributed by atoms with van der Waals surface area (Å²) in [5, 5.41) is 22.5. The molecule has 0 spiro atoms. The van der Waals surface area contributed by atoms with E-state index in [-0.39, 0.29) is 11.8 Å². The monoisotopic (exact) mass is 444 g/mol. The Bertz CT molecular complexity index is 1140. The van der Waals surface area contributed by atoms with Crippen molar-refractivity contribution in [1.82, 2.24) is 10.2 Å². The van der Waals surface area contributed by atoms with Gasteiger partial charge in [-0.2, -0.15) is 0 Å². The van der Waals surface area contributed by atoms with Gasteiger partial charge in [-0.3, -0.25) is 0 Å². The first-order chi connectivity index (χ1) is 16.0. The molecule has 3 aromatic rings. The van der Waals surface area contributed by atoms with Gasteiger partial charge in [0.1, 0.15) is 0 Å². The van der Waals surface area contributed by atoms with Crippen molar-refractivity contribution in [3.63, 3.8) is 0 Å². The molecule has 1 N–H and O–H groups in total. The van der Waals surface area contributed by atoms with Crippen LogP contribution < -0.4 is 10.4 Å². The van der Waals surface area contributed by atoms with E-state index < -0.39 is 11.6 Å². The Hall–Kier alpha value is -3.19. The summed E-state index contributed by atoms with van der Waals surface area (Å²) in [6.07, 6.45) is 5.73. The molecular formula is C26H26N3O4-. The number of carboxylic acid groups (broad SMARTS) is 1. The van der Waals surface area contributed by atoms with Gasteiger partial charge in [-0.1, -0.05) is 41.5 Å². The van der Waals surface area contributed by atoms with Gasteiger partial charge < -0.3 is 24.4 Å². The molecule has 2 saturated heterocycles. The van der Waals surface area contributed by atoms with Crippen molar-refractivity contribution in [3.8, 4) is 11.1 Å². The van der Waals surface area contributed by atoms with E-state index in [0.29, 0.717) is 18.5 Å². The third kappa shape index (κ3) is 3.91. The number of fused-ring (bicyclic) bond motifs is 3. The summed E-state index contributed by atoms with van der Waals surface area (Å²) in [4.78, 5) is 11.1. The van der Waals surface area contributed by atoms with Crippen molar-refractivity contribution in [1.29, 1.82) is 0 Å². The highest BCUT2D eigenvalue weighted by Gasteiger charge is 2.50. The maximum atomic E-state index is 11.1. The number of hydrogen-bond acceptors (Lipinski definition) is 7. The van der Waals surface area contributed by atoms with Gasteiger partial charge >= 0.3 is 6.01 Å². The van der Waals surface area contributed by atoms with Crippen LogP contribution in [0.5, 0.6) is 0 Å². The van der Waals surface area contributed by atoms with Crippen LogP contribution in [0.15, 0.2) is 52.9 Å². The minimum Gasteiger partial charge on any atom is -0.550 e. The molecule has 0 amide bonds. The first kappa shape index (κ1) is 20.4. The number of carbonyl (C=O) groups excluding carboxylic acids is 1. The van der Waals surface area contributed by atoms with Gasteiger partial charge in [-0.25, -0.2) is 0 Å². The number of nitrogens with one attached hydrogen (secondary N) is 1. The van der Waals surface area contributed by atoms with Crippen molar-refractivity contribution in [2.45, 2.75) is 61.9 Å². The van der Waals surface area contributed by atoms with Gasteiger partial charge in [-0.15, -0.1) is 5.10 Å². The molecule has 2 bridgehead atoms. The van der Waals surface area contributed by atoms with Crippen LogP contribution in [0, 0.1) is 0 Å². The Labute approximate surface area is 192 Å². The maximum absolute atomic E-state index is 11.1. The van der Waals surface area contributed by atoms with Crippen LogP contribution in [0.3, 0.4) is 0 Å². The highest BCUT2D eigenvalue weighted by Crippen LogP contribution is 2.51. The van der Waals surface area contributed by atoms with Crippen LogP contribution in [0.1, 0.15) is 62.3 Å². The van der Waals surface area contributed by atoms with E-state index in [2.05, 4.69) is 51.9 Å². The molecule has 4 aliphatic rings. The molecule has 0 radical (unpaired) electrons. The molecule has 7 heteroatoms. The minimum absolute atomic E-state index is 0.00104. The second-order valence-electron chi connectivity index (χ2n) is 9.80. The van der Waals surface area contributed by atoms with Gasteiger partial charge in [0, 0.05) is 29.4 Å². The second-order valence-corrected chi connectivity index (χ2v) is 9.80. The molecule has 2 aliphatic carbocycles. The normalized spacial score (nSPS) is 26.3. The zero-order valence-corrected chi connectivity index (χ0v) is 18.4. The van der Waals surface area contributed by atoms with Crippen molar-refractivity contribution < 1.29 is 19.1 Å². The summed E-state index contributed by atoms with van der Waals surface area (Å²) < 4.78 is 11.8. The molecule has 3 heterocycles. The van der Waals surface area contributed by atoms with Gasteiger partial charge in [-0.05, 0) is 67.3 Å². The lowest BCUT2D eigenvalue weighted by Crippen LogP contribution is -2.55. The SMILES string of the molecule is O=C([O-])CC12CCC(c3ccc(-c4ccc(Nc5nnc(C6CC6)o5)cc4)cc3)(CC1)CO2. The van der Waals surface area contributed by atoms with E-state index in [9.17, 15) is 9.90 Å². The predicted octanol–water partition coefficient (Wildman–Crippen LogP) is 4.08. The van der Waals surface area contributed by atoms with E-state index in [0.717, 1.165) is 61.2 Å².